The molecular weight excluding hydrogens is 492 g/mol. The van der Waals surface area contributed by atoms with Gasteiger partial charge in [-0.3, -0.25) is 13.9 Å². The molecule has 1 fully saturated rings. The Hall–Kier alpha value is -3.51. The van der Waals surface area contributed by atoms with Gasteiger partial charge in [0.1, 0.15) is 6.10 Å². The highest BCUT2D eigenvalue weighted by Crippen LogP contribution is 2.25. The van der Waals surface area contributed by atoms with Crippen molar-refractivity contribution in [2.45, 2.75) is 71.7 Å². The minimum atomic E-state index is -0.445. The molecule has 1 N–H and O–H groups in total. The first-order chi connectivity index (χ1) is 17.7. The van der Waals surface area contributed by atoms with E-state index in [2.05, 4.69) is 22.1 Å². The molecule has 0 spiro atoms. The lowest BCUT2D eigenvalue weighted by Crippen LogP contribution is -2.46. The van der Waals surface area contributed by atoms with Crippen LogP contribution >= 0.6 is 11.6 Å². The number of rotatable bonds is 6. The van der Waals surface area contributed by atoms with Crippen molar-refractivity contribution in [2.75, 3.05) is 18.0 Å². The Labute approximate surface area is 221 Å². The fourth-order valence-corrected chi connectivity index (χ4v) is 4.65. The number of amides is 1. The van der Waals surface area contributed by atoms with Crippen molar-refractivity contribution in [1.82, 2.24) is 24.4 Å². The number of nitrogens with zero attached hydrogens (tertiary/aromatic N) is 5. The van der Waals surface area contributed by atoms with Gasteiger partial charge >= 0.3 is 6.09 Å². The van der Waals surface area contributed by atoms with E-state index in [4.69, 9.17) is 21.3 Å². The number of benzene rings is 1. The van der Waals surface area contributed by atoms with Crippen molar-refractivity contribution in [2.24, 2.45) is 0 Å². The lowest BCUT2D eigenvalue weighted by molar-refractivity contribution is 0.0823. The second-order valence-corrected chi connectivity index (χ2v) is 10.5. The third-order valence-corrected chi connectivity index (χ3v) is 6.38. The van der Waals surface area contributed by atoms with Crippen molar-refractivity contribution in [3.8, 4) is 11.8 Å². The summed E-state index contributed by atoms with van der Waals surface area (Å²) in [7, 11) is 0. The van der Waals surface area contributed by atoms with Crippen molar-refractivity contribution in [1.29, 1.82) is 0 Å². The molecular formula is C27H33ClN6O3. The van der Waals surface area contributed by atoms with Crippen LogP contribution in [0.5, 0.6) is 0 Å². The average Bonchev–Trinajstić information content (AvgIpc) is 3.20. The second-order valence-electron chi connectivity index (χ2n) is 10.2. The normalized spacial score (nSPS) is 15.8. The van der Waals surface area contributed by atoms with E-state index < -0.39 is 6.09 Å². The molecule has 0 bridgehead atoms. The molecule has 196 valence electrons. The number of aryl methyl sites for hydroxylation is 1. The predicted octanol–water partition coefficient (Wildman–Crippen LogP) is 4.01. The second kappa shape index (κ2) is 11.3. The number of piperidine rings is 1. The molecule has 1 aromatic carbocycles. The summed E-state index contributed by atoms with van der Waals surface area (Å²) < 4.78 is 8.97. The summed E-state index contributed by atoms with van der Waals surface area (Å²) in [6.07, 6.45) is 1.45. The molecule has 0 aliphatic carbocycles. The van der Waals surface area contributed by atoms with E-state index in [-0.39, 0.29) is 34.7 Å². The number of carbonyl (C=O) groups is 1. The Morgan fingerprint density at radius 3 is 2.68 bits per heavy atom. The van der Waals surface area contributed by atoms with E-state index >= 15 is 0 Å². The smallest absolute Gasteiger partial charge is 0.407 e. The van der Waals surface area contributed by atoms with E-state index in [1.807, 2.05) is 56.0 Å². The van der Waals surface area contributed by atoms with Crippen LogP contribution in [0.3, 0.4) is 0 Å². The molecule has 9 nitrogen and oxygen atoms in total. The van der Waals surface area contributed by atoms with Gasteiger partial charge in [-0.05, 0) is 64.1 Å². The number of ether oxygens (including phenoxy) is 1. The van der Waals surface area contributed by atoms with Gasteiger partial charge in [-0.1, -0.05) is 36.3 Å². The Morgan fingerprint density at radius 1 is 1.22 bits per heavy atom. The van der Waals surface area contributed by atoms with Gasteiger partial charge in [0.05, 0.1) is 13.1 Å². The van der Waals surface area contributed by atoms with E-state index in [9.17, 15) is 9.59 Å². The van der Waals surface area contributed by atoms with Gasteiger partial charge in [0.2, 0.25) is 11.2 Å². The molecule has 3 aromatic rings. The van der Waals surface area contributed by atoms with E-state index in [0.29, 0.717) is 37.5 Å². The maximum absolute atomic E-state index is 13.6. The number of carbonyl (C=O) groups excluding carboxylic acids is 1. The summed E-state index contributed by atoms with van der Waals surface area (Å²) in [5.74, 6) is 6.53. The van der Waals surface area contributed by atoms with Crippen molar-refractivity contribution >= 4 is 34.8 Å². The Bertz CT molecular complexity index is 1380. The van der Waals surface area contributed by atoms with Crippen molar-refractivity contribution < 1.29 is 9.53 Å². The fraction of sp³-hybridized carbons (Fsp3) is 0.481. The standard InChI is InChI=1S/C27H33ClN6O3/c1-5-6-16-33-21-22(29-24(28)34(23(21)35)17-14-19-11-8-7-9-12-19)30-25(33)32-15-10-13-20(18-32)37-26(36)31-27(2,3)4/h7-9,11-12,20H,10,13-18H2,1-4H3,(H,31,36). The SMILES string of the molecule is CC#CCn1c(N2CCCC(OC(=O)NC(C)(C)C)C2)nc2nc(Cl)n(CCc3ccccc3)c(=O)c21. The van der Waals surface area contributed by atoms with Gasteiger partial charge in [-0.2, -0.15) is 9.97 Å². The summed E-state index contributed by atoms with van der Waals surface area (Å²) in [5, 5.41) is 2.94. The monoisotopic (exact) mass is 524 g/mol. The maximum atomic E-state index is 13.6. The molecule has 4 rings (SSSR count). The molecule has 1 aliphatic heterocycles. The molecule has 37 heavy (non-hydrogen) atoms. The first-order valence-electron chi connectivity index (χ1n) is 12.5. The van der Waals surface area contributed by atoms with E-state index in [1.165, 1.54) is 4.57 Å². The highest BCUT2D eigenvalue weighted by molar-refractivity contribution is 6.28. The minimum absolute atomic E-state index is 0.102. The molecule has 1 aliphatic rings. The molecule has 1 saturated heterocycles. The van der Waals surface area contributed by atoms with Crippen LogP contribution in [-0.4, -0.2) is 49.9 Å². The van der Waals surface area contributed by atoms with Crippen LogP contribution in [0.1, 0.15) is 46.1 Å². The molecule has 1 amide bonds. The van der Waals surface area contributed by atoms with Gasteiger partial charge < -0.3 is 15.0 Å². The first-order valence-corrected chi connectivity index (χ1v) is 12.9. The Kier molecular flexibility index (Phi) is 8.08. The van der Waals surface area contributed by atoms with Crippen LogP contribution in [0.4, 0.5) is 10.7 Å². The summed E-state index contributed by atoms with van der Waals surface area (Å²) >= 11 is 6.46. The summed E-state index contributed by atoms with van der Waals surface area (Å²) in [6.45, 7) is 9.32. The largest absolute Gasteiger partial charge is 0.444 e. The third kappa shape index (κ3) is 6.44. The molecule has 1 unspecified atom stereocenters. The molecule has 10 heteroatoms. The number of imidazole rings is 1. The topological polar surface area (TPSA) is 94.3 Å². The number of halogens is 1. The zero-order chi connectivity index (χ0) is 26.6. The zero-order valence-corrected chi connectivity index (χ0v) is 22.5. The number of hydrogen-bond acceptors (Lipinski definition) is 6. The van der Waals surface area contributed by atoms with E-state index in [1.54, 1.807) is 11.5 Å². The third-order valence-electron chi connectivity index (χ3n) is 6.09. The van der Waals surface area contributed by atoms with E-state index in [0.717, 1.165) is 18.4 Å². The number of anilines is 1. The number of hydrogen-bond donors (Lipinski definition) is 1. The van der Waals surface area contributed by atoms with Gasteiger partial charge in [0.25, 0.3) is 5.56 Å². The maximum Gasteiger partial charge on any atom is 0.407 e. The fourth-order valence-electron chi connectivity index (χ4n) is 4.41. The van der Waals surface area contributed by atoms with Crippen molar-refractivity contribution in [3.05, 3.63) is 51.5 Å². The molecule has 2 aromatic heterocycles. The molecule has 3 heterocycles. The molecule has 0 radical (unpaired) electrons. The Balaban J connectivity index is 1.65. The van der Waals surface area contributed by atoms with Crippen molar-refractivity contribution in [3.63, 3.8) is 0 Å². The van der Waals surface area contributed by atoms with Gasteiger partial charge in [0.15, 0.2) is 11.2 Å². The highest BCUT2D eigenvalue weighted by atomic mass is 35.5. The average molecular weight is 525 g/mol. The molecule has 0 saturated carbocycles. The van der Waals surface area contributed by atoms with Gasteiger partial charge in [0, 0.05) is 18.6 Å². The lowest BCUT2D eigenvalue weighted by Gasteiger charge is -2.33. The highest BCUT2D eigenvalue weighted by Gasteiger charge is 2.29. The van der Waals surface area contributed by atoms with Gasteiger partial charge in [-0.25, -0.2) is 4.79 Å². The van der Waals surface area contributed by atoms with Crippen LogP contribution in [-0.2, 0) is 24.2 Å². The first kappa shape index (κ1) is 26.6. The summed E-state index contributed by atoms with van der Waals surface area (Å²) in [6, 6.07) is 9.92. The lowest BCUT2D eigenvalue weighted by atomic mass is 10.1. The number of alkyl carbamates (subject to hydrolysis) is 1. The van der Waals surface area contributed by atoms with Gasteiger partial charge in [-0.15, -0.1) is 5.92 Å². The summed E-state index contributed by atoms with van der Waals surface area (Å²) in [5.41, 5.74) is 1.11. The number of aromatic nitrogens is 4. The summed E-state index contributed by atoms with van der Waals surface area (Å²) in [4.78, 5) is 37.2. The zero-order valence-electron chi connectivity index (χ0n) is 21.8. The van der Waals surface area contributed by atoms with Crippen LogP contribution < -0.4 is 15.8 Å². The number of nitrogens with one attached hydrogen (secondary N) is 1. The predicted molar refractivity (Wildman–Crippen MR) is 145 cm³/mol. The quantitative estimate of drug-likeness (QED) is 0.387. The number of fused-ring (bicyclic) bond motifs is 1. The van der Waals surface area contributed by atoms with Crippen LogP contribution in [0.25, 0.3) is 11.2 Å². The molecule has 1 atom stereocenters. The van der Waals surface area contributed by atoms with Crippen LogP contribution in [0.15, 0.2) is 35.1 Å². The van der Waals surface area contributed by atoms with Crippen LogP contribution in [0.2, 0.25) is 5.28 Å². The Morgan fingerprint density at radius 2 is 1.97 bits per heavy atom. The minimum Gasteiger partial charge on any atom is -0.444 e. The van der Waals surface area contributed by atoms with Crippen LogP contribution in [0, 0.1) is 11.8 Å².